The Morgan fingerprint density at radius 2 is 2.04 bits per heavy atom. The van der Waals surface area contributed by atoms with Crippen LogP contribution in [0.5, 0.6) is 11.5 Å². The van der Waals surface area contributed by atoms with Gasteiger partial charge in [0.05, 0.1) is 24.7 Å². The van der Waals surface area contributed by atoms with Crippen LogP contribution in [0.2, 0.25) is 5.02 Å². The minimum absolute atomic E-state index is 0.0435. The van der Waals surface area contributed by atoms with E-state index < -0.39 is 0 Å². The molecule has 0 spiro atoms. The lowest BCUT2D eigenvalue weighted by atomic mass is 10.1. The number of para-hydroxylation sites is 1. The van der Waals surface area contributed by atoms with Crippen LogP contribution in [0.25, 0.3) is 10.9 Å². The molecule has 1 aromatic heterocycles. The molecule has 1 amide bonds. The van der Waals surface area contributed by atoms with Gasteiger partial charge in [-0.25, -0.2) is 0 Å². The third kappa shape index (κ3) is 3.48. The van der Waals surface area contributed by atoms with E-state index in [4.69, 9.17) is 21.1 Å². The van der Waals surface area contributed by atoms with Crippen molar-refractivity contribution in [3.8, 4) is 11.5 Å². The second-order valence-electron chi connectivity index (χ2n) is 6.27. The second kappa shape index (κ2) is 7.30. The molecule has 0 bridgehead atoms. The first-order valence-electron chi connectivity index (χ1n) is 8.60. The third-order valence-electron chi connectivity index (χ3n) is 4.38. The van der Waals surface area contributed by atoms with Crippen molar-refractivity contribution in [3.63, 3.8) is 0 Å². The Morgan fingerprint density at radius 1 is 1.19 bits per heavy atom. The SMILES string of the molecule is O=C(Cc1c[nH]c2ccccc12)NCc1cc(Cl)c2c(c1)OCCCO2. The Kier molecular flexibility index (Phi) is 4.71. The Hall–Kier alpha value is -2.66. The molecule has 1 aliphatic heterocycles. The number of carbonyl (C=O) groups excluding carboxylic acids is 1. The number of aromatic amines is 1. The molecule has 2 heterocycles. The van der Waals surface area contributed by atoms with Crippen LogP contribution in [0.15, 0.2) is 42.6 Å². The second-order valence-corrected chi connectivity index (χ2v) is 6.68. The number of hydrogen-bond donors (Lipinski definition) is 2. The molecule has 0 atom stereocenters. The summed E-state index contributed by atoms with van der Waals surface area (Å²) in [5.41, 5.74) is 2.89. The van der Waals surface area contributed by atoms with Crippen molar-refractivity contribution in [3.05, 3.63) is 58.7 Å². The number of halogens is 1. The number of fused-ring (bicyclic) bond motifs is 2. The Morgan fingerprint density at radius 3 is 2.96 bits per heavy atom. The van der Waals surface area contributed by atoms with E-state index in [1.54, 1.807) is 6.07 Å². The highest BCUT2D eigenvalue weighted by molar-refractivity contribution is 6.32. The largest absolute Gasteiger partial charge is 0.489 e. The maximum absolute atomic E-state index is 12.3. The fourth-order valence-corrected chi connectivity index (χ4v) is 3.39. The first-order valence-corrected chi connectivity index (χ1v) is 8.98. The number of hydrogen-bond acceptors (Lipinski definition) is 3. The van der Waals surface area contributed by atoms with Gasteiger partial charge in [-0.15, -0.1) is 0 Å². The third-order valence-corrected chi connectivity index (χ3v) is 4.66. The molecule has 0 radical (unpaired) electrons. The molecule has 2 N–H and O–H groups in total. The van der Waals surface area contributed by atoms with Gasteiger partial charge in [-0.1, -0.05) is 29.8 Å². The molecule has 0 aliphatic carbocycles. The van der Waals surface area contributed by atoms with Crippen molar-refractivity contribution < 1.29 is 14.3 Å². The quantitative estimate of drug-likeness (QED) is 0.733. The van der Waals surface area contributed by atoms with Crippen LogP contribution in [0.4, 0.5) is 0 Å². The van der Waals surface area contributed by atoms with E-state index in [2.05, 4.69) is 10.3 Å². The summed E-state index contributed by atoms with van der Waals surface area (Å²) in [6.07, 6.45) is 3.03. The smallest absolute Gasteiger partial charge is 0.224 e. The number of aromatic nitrogens is 1. The minimum atomic E-state index is -0.0435. The number of nitrogens with one attached hydrogen (secondary N) is 2. The molecule has 2 aromatic carbocycles. The van der Waals surface area contributed by atoms with Gasteiger partial charge in [0.15, 0.2) is 11.5 Å². The van der Waals surface area contributed by atoms with Crippen LogP contribution in [0.3, 0.4) is 0 Å². The van der Waals surface area contributed by atoms with Gasteiger partial charge in [-0.3, -0.25) is 4.79 Å². The van der Waals surface area contributed by atoms with Gasteiger partial charge in [0, 0.05) is 30.1 Å². The lowest BCUT2D eigenvalue weighted by molar-refractivity contribution is -0.120. The molecule has 5 nitrogen and oxygen atoms in total. The molecule has 3 aromatic rings. The van der Waals surface area contributed by atoms with Crippen molar-refractivity contribution in [2.75, 3.05) is 13.2 Å². The lowest BCUT2D eigenvalue weighted by Gasteiger charge is -2.12. The van der Waals surface area contributed by atoms with E-state index in [1.165, 1.54) is 0 Å². The number of rotatable bonds is 4. The Balaban J connectivity index is 1.43. The molecule has 0 saturated carbocycles. The molecule has 0 unspecified atom stereocenters. The maximum atomic E-state index is 12.3. The van der Waals surface area contributed by atoms with Gasteiger partial charge in [0.1, 0.15) is 0 Å². The predicted octanol–water partition coefficient (Wildman–Crippen LogP) is 3.84. The molecule has 4 rings (SSSR count). The zero-order valence-electron chi connectivity index (χ0n) is 14.2. The molecule has 134 valence electrons. The molecule has 0 fully saturated rings. The van der Waals surface area contributed by atoms with E-state index in [-0.39, 0.29) is 5.91 Å². The number of carbonyl (C=O) groups is 1. The zero-order valence-corrected chi connectivity index (χ0v) is 14.9. The normalized spacial score (nSPS) is 13.4. The molecular weight excluding hydrogens is 352 g/mol. The topological polar surface area (TPSA) is 63.4 Å². The van der Waals surface area contributed by atoms with Crippen LogP contribution in [-0.2, 0) is 17.8 Å². The minimum Gasteiger partial charge on any atom is -0.489 e. The van der Waals surface area contributed by atoms with E-state index in [0.29, 0.717) is 42.7 Å². The van der Waals surface area contributed by atoms with Crippen molar-refractivity contribution in [2.24, 2.45) is 0 Å². The fourth-order valence-electron chi connectivity index (χ4n) is 3.10. The van der Waals surface area contributed by atoms with Gasteiger partial charge >= 0.3 is 0 Å². The van der Waals surface area contributed by atoms with Crippen molar-refractivity contribution in [1.82, 2.24) is 10.3 Å². The van der Waals surface area contributed by atoms with Crippen molar-refractivity contribution in [2.45, 2.75) is 19.4 Å². The average molecular weight is 371 g/mol. The van der Waals surface area contributed by atoms with Crippen LogP contribution < -0.4 is 14.8 Å². The van der Waals surface area contributed by atoms with Gasteiger partial charge < -0.3 is 19.8 Å². The number of ether oxygens (including phenoxy) is 2. The lowest BCUT2D eigenvalue weighted by Crippen LogP contribution is -2.24. The zero-order chi connectivity index (χ0) is 17.9. The van der Waals surface area contributed by atoms with Gasteiger partial charge in [-0.05, 0) is 29.3 Å². The number of benzene rings is 2. The van der Waals surface area contributed by atoms with Gasteiger partial charge in [-0.2, -0.15) is 0 Å². The molecule has 0 saturated heterocycles. The van der Waals surface area contributed by atoms with Crippen molar-refractivity contribution >= 4 is 28.4 Å². The van der Waals surface area contributed by atoms with E-state index in [0.717, 1.165) is 28.5 Å². The molecule has 1 aliphatic rings. The first kappa shape index (κ1) is 16.8. The van der Waals surface area contributed by atoms with Crippen LogP contribution >= 0.6 is 11.6 Å². The summed E-state index contributed by atoms with van der Waals surface area (Å²) in [6, 6.07) is 11.6. The highest BCUT2D eigenvalue weighted by Crippen LogP contribution is 2.37. The summed E-state index contributed by atoms with van der Waals surface area (Å²) in [4.78, 5) is 15.5. The fraction of sp³-hybridized carbons (Fsp3) is 0.250. The monoisotopic (exact) mass is 370 g/mol. The molecule has 6 heteroatoms. The summed E-state index contributed by atoms with van der Waals surface area (Å²) in [7, 11) is 0. The Labute approximate surface area is 156 Å². The summed E-state index contributed by atoms with van der Waals surface area (Å²) in [6.45, 7) is 1.57. The number of H-pyrrole nitrogens is 1. The highest BCUT2D eigenvalue weighted by Gasteiger charge is 2.16. The molecular formula is C20H19ClN2O3. The van der Waals surface area contributed by atoms with Crippen LogP contribution in [0.1, 0.15) is 17.5 Å². The van der Waals surface area contributed by atoms with Crippen LogP contribution in [0, 0.1) is 0 Å². The summed E-state index contributed by atoms with van der Waals surface area (Å²) < 4.78 is 11.3. The predicted molar refractivity (Wildman–Crippen MR) is 101 cm³/mol. The number of amides is 1. The first-order chi connectivity index (χ1) is 12.7. The van der Waals surface area contributed by atoms with Crippen LogP contribution in [-0.4, -0.2) is 24.1 Å². The highest BCUT2D eigenvalue weighted by atomic mass is 35.5. The molecule has 26 heavy (non-hydrogen) atoms. The summed E-state index contributed by atoms with van der Waals surface area (Å²) in [5.74, 6) is 1.17. The van der Waals surface area contributed by atoms with Crippen molar-refractivity contribution in [1.29, 1.82) is 0 Å². The standard InChI is InChI=1S/C20H19ClN2O3/c21-16-8-13(9-18-20(16)26-7-3-6-25-18)11-23-19(24)10-14-12-22-17-5-2-1-4-15(14)17/h1-2,4-5,8-9,12,22H,3,6-7,10-11H2,(H,23,24). The van der Waals surface area contributed by atoms with E-state index >= 15 is 0 Å². The van der Waals surface area contributed by atoms with E-state index in [1.807, 2.05) is 36.5 Å². The summed E-state index contributed by atoms with van der Waals surface area (Å²) in [5, 5.41) is 4.52. The van der Waals surface area contributed by atoms with Gasteiger partial charge in [0.25, 0.3) is 0 Å². The Bertz CT molecular complexity index is 951. The summed E-state index contributed by atoms with van der Waals surface area (Å²) >= 11 is 6.29. The van der Waals surface area contributed by atoms with Gasteiger partial charge in [0.2, 0.25) is 5.91 Å². The average Bonchev–Trinajstić information content (AvgIpc) is 2.88. The maximum Gasteiger partial charge on any atom is 0.224 e. The van der Waals surface area contributed by atoms with E-state index in [9.17, 15) is 4.79 Å².